The van der Waals surface area contributed by atoms with Gasteiger partial charge in [-0.1, -0.05) is 0 Å². The molecule has 1 aliphatic carbocycles. The Morgan fingerprint density at radius 3 is 2.91 bits per heavy atom. The number of nitrogens with zero attached hydrogens (tertiary/aromatic N) is 4. The summed E-state index contributed by atoms with van der Waals surface area (Å²) >= 11 is 5.48. The Balaban J connectivity index is 1.75. The lowest BCUT2D eigenvalue weighted by atomic mass is 10.3. The third-order valence-corrected chi connectivity index (χ3v) is 4.09. The molecular weight excluding hydrogens is 300 g/mol. The van der Waals surface area contributed by atoms with Gasteiger partial charge in [-0.2, -0.15) is 4.68 Å². The zero-order valence-corrected chi connectivity index (χ0v) is 13.9. The number of fused-ring (bicyclic) bond motifs is 1. The predicted molar refractivity (Wildman–Crippen MR) is 84.2 cm³/mol. The highest BCUT2D eigenvalue weighted by Crippen LogP contribution is 2.17. The molecule has 0 saturated heterocycles. The Kier molecular flexibility index (Phi) is 3.96. The van der Waals surface area contributed by atoms with Gasteiger partial charge in [0.15, 0.2) is 13.2 Å². The molecule has 1 atom stereocenters. The topological polar surface area (TPSA) is 68.7 Å². The first kappa shape index (κ1) is 15.1. The number of likely N-dealkylation sites (N-methyl/N-ethyl adjacent to an activating group) is 1. The summed E-state index contributed by atoms with van der Waals surface area (Å²) in [5, 5.41) is 7.46. The standard InChI is InChI=1S/C14H20N6OS/c1-9-6-10(2)20-13(15-9)17-19(14(20)22)8-18(3)7-12(21)16-11-4-5-11/h6,11H,4-5,7-8H2,1-3H3,(H,16,21)/p+1. The summed E-state index contributed by atoms with van der Waals surface area (Å²) in [5.74, 6) is 0.693. The zero-order valence-electron chi connectivity index (χ0n) is 13.1. The van der Waals surface area contributed by atoms with Gasteiger partial charge in [-0.15, -0.1) is 5.10 Å². The summed E-state index contributed by atoms with van der Waals surface area (Å²) in [6.45, 7) is 4.88. The average Bonchev–Trinajstić information content (AvgIpc) is 3.14. The predicted octanol–water partition coefficient (Wildman–Crippen LogP) is -0.372. The SMILES string of the molecule is Cc1cc(C)n2c(=S)n(C[NH+](C)CC(=O)NC3CC3)nc2n1. The third-order valence-electron chi connectivity index (χ3n) is 3.69. The fourth-order valence-electron chi connectivity index (χ4n) is 2.53. The van der Waals surface area contributed by atoms with Crippen LogP contribution in [0.3, 0.4) is 0 Å². The van der Waals surface area contributed by atoms with Crippen molar-refractivity contribution in [1.82, 2.24) is 24.5 Å². The van der Waals surface area contributed by atoms with Crippen LogP contribution in [0.25, 0.3) is 5.78 Å². The van der Waals surface area contributed by atoms with Crippen LogP contribution in [0.15, 0.2) is 6.07 Å². The quantitative estimate of drug-likeness (QED) is 0.737. The lowest BCUT2D eigenvalue weighted by molar-refractivity contribution is -0.895. The largest absolute Gasteiger partial charge is 0.348 e. The molecule has 0 spiro atoms. The number of carbonyl (C=O) groups excluding carboxylic acids is 1. The molecule has 22 heavy (non-hydrogen) atoms. The molecule has 7 nitrogen and oxygen atoms in total. The summed E-state index contributed by atoms with van der Waals surface area (Å²) in [6, 6.07) is 2.38. The second kappa shape index (κ2) is 5.77. The number of nitrogens with one attached hydrogen (secondary N) is 2. The van der Waals surface area contributed by atoms with Gasteiger partial charge in [0.1, 0.15) is 0 Å². The molecule has 1 unspecified atom stereocenters. The molecule has 0 bridgehead atoms. The Labute approximate surface area is 133 Å². The van der Waals surface area contributed by atoms with E-state index in [0.717, 1.165) is 29.1 Å². The maximum Gasteiger partial charge on any atom is 0.275 e. The van der Waals surface area contributed by atoms with Crippen LogP contribution in [-0.2, 0) is 11.5 Å². The van der Waals surface area contributed by atoms with Crippen molar-refractivity contribution in [3.63, 3.8) is 0 Å². The number of hydrogen-bond donors (Lipinski definition) is 2. The number of quaternary nitrogens is 1. The van der Waals surface area contributed by atoms with Gasteiger partial charge in [0, 0.05) is 17.4 Å². The van der Waals surface area contributed by atoms with Crippen LogP contribution in [0, 0.1) is 18.6 Å². The van der Waals surface area contributed by atoms with Crippen molar-refractivity contribution in [2.45, 2.75) is 39.4 Å². The number of rotatable bonds is 5. The van der Waals surface area contributed by atoms with E-state index < -0.39 is 0 Å². The van der Waals surface area contributed by atoms with E-state index >= 15 is 0 Å². The van der Waals surface area contributed by atoms with E-state index in [1.807, 2.05) is 31.4 Å². The van der Waals surface area contributed by atoms with Gasteiger partial charge >= 0.3 is 0 Å². The van der Waals surface area contributed by atoms with Crippen molar-refractivity contribution < 1.29 is 9.69 Å². The van der Waals surface area contributed by atoms with Crippen LogP contribution < -0.4 is 10.2 Å². The second-order valence-electron chi connectivity index (χ2n) is 6.09. The van der Waals surface area contributed by atoms with Crippen molar-refractivity contribution in [2.75, 3.05) is 13.6 Å². The van der Waals surface area contributed by atoms with E-state index in [2.05, 4.69) is 15.4 Å². The van der Waals surface area contributed by atoms with Crippen molar-refractivity contribution in [3.05, 3.63) is 22.2 Å². The molecule has 8 heteroatoms. The number of amides is 1. The Bertz CT molecular complexity index is 775. The molecule has 3 rings (SSSR count). The maximum atomic E-state index is 11.8. The molecule has 0 radical (unpaired) electrons. The molecule has 2 N–H and O–H groups in total. The van der Waals surface area contributed by atoms with E-state index in [0.29, 0.717) is 29.8 Å². The molecule has 2 heterocycles. The van der Waals surface area contributed by atoms with E-state index in [1.165, 1.54) is 0 Å². The first-order valence-corrected chi connectivity index (χ1v) is 7.89. The highest BCUT2D eigenvalue weighted by Gasteiger charge is 2.24. The Morgan fingerprint density at radius 2 is 2.23 bits per heavy atom. The van der Waals surface area contributed by atoms with Crippen LogP contribution in [0.1, 0.15) is 24.2 Å². The smallest absolute Gasteiger partial charge is 0.275 e. The molecule has 1 aliphatic rings. The highest BCUT2D eigenvalue weighted by molar-refractivity contribution is 7.71. The monoisotopic (exact) mass is 321 g/mol. The normalized spacial score (nSPS) is 16.0. The summed E-state index contributed by atoms with van der Waals surface area (Å²) in [5.41, 5.74) is 1.93. The van der Waals surface area contributed by atoms with E-state index in [4.69, 9.17) is 12.2 Å². The summed E-state index contributed by atoms with van der Waals surface area (Å²) in [4.78, 5) is 17.3. The second-order valence-corrected chi connectivity index (χ2v) is 6.46. The van der Waals surface area contributed by atoms with Gasteiger partial charge in [-0.25, -0.2) is 4.98 Å². The van der Waals surface area contributed by atoms with Gasteiger partial charge in [0.25, 0.3) is 11.7 Å². The van der Waals surface area contributed by atoms with E-state index in [-0.39, 0.29) is 5.91 Å². The Hall–Kier alpha value is -1.80. The summed E-state index contributed by atoms with van der Waals surface area (Å²) < 4.78 is 4.21. The van der Waals surface area contributed by atoms with Crippen molar-refractivity contribution in [2.24, 2.45) is 0 Å². The first-order valence-electron chi connectivity index (χ1n) is 7.48. The number of carbonyl (C=O) groups is 1. The van der Waals surface area contributed by atoms with Gasteiger partial charge < -0.3 is 10.2 Å². The fraction of sp³-hybridized carbons (Fsp3) is 0.571. The zero-order chi connectivity index (χ0) is 15.9. The minimum absolute atomic E-state index is 0.0837. The number of aromatic nitrogens is 4. The minimum atomic E-state index is 0.0837. The molecule has 2 aromatic rings. The van der Waals surface area contributed by atoms with Crippen LogP contribution in [0.5, 0.6) is 0 Å². The number of hydrogen-bond acceptors (Lipinski definition) is 4. The highest BCUT2D eigenvalue weighted by atomic mass is 32.1. The number of aryl methyl sites for hydroxylation is 2. The lowest BCUT2D eigenvalue weighted by Crippen LogP contribution is -3.09. The van der Waals surface area contributed by atoms with Gasteiger partial charge in [-0.3, -0.25) is 9.20 Å². The van der Waals surface area contributed by atoms with E-state index in [9.17, 15) is 4.79 Å². The lowest BCUT2D eigenvalue weighted by Gasteiger charge is -2.13. The molecule has 2 aromatic heterocycles. The van der Waals surface area contributed by atoms with Crippen LogP contribution in [0.2, 0.25) is 0 Å². The van der Waals surface area contributed by atoms with Crippen molar-refractivity contribution >= 4 is 23.9 Å². The molecule has 118 valence electrons. The van der Waals surface area contributed by atoms with Crippen molar-refractivity contribution in [1.29, 1.82) is 0 Å². The van der Waals surface area contributed by atoms with Gasteiger partial charge in [0.2, 0.25) is 4.77 Å². The minimum Gasteiger partial charge on any atom is -0.348 e. The molecule has 0 aliphatic heterocycles. The molecule has 1 amide bonds. The van der Waals surface area contributed by atoms with Crippen LogP contribution in [-0.4, -0.2) is 44.7 Å². The summed E-state index contributed by atoms with van der Waals surface area (Å²) in [7, 11) is 1.96. The molecule has 0 aromatic carbocycles. The fourth-order valence-corrected chi connectivity index (χ4v) is 2.86. The van der Waals surface area contributed by atoms with Crippen LogP contribution in [0.4, 0.5) is 0 Å². The molecule has 1 fully saturated rings. The molecule has 1 saturated carbocycles. The van der Waals surface area contributed by atoms with Gasteiger partial charge in [0.05, 0.1) is 7.05 Å². The summed E-state index contributed by atoms with van der Waals surface area (Å²) in [6.07, 6.45) is 2.21. The third kappa shape index (κ3) is 3.17. The van der Waals surface area contributed by atoms with Crippen LogP contribution >= 0.6 is 12.2 Å². The first-order chi connectivity index (χ1) is 10.4. The Morgan fingerprint density at radius 1 is 1.50 bits per heavy atom. The maximum absolute atomic E-state index is 11.8. The van der Waals surface area contributed by atoms with E-state index in [1.54, 1.807) is 4.68 Å². The average molecular weight is 321 g/mol. The van der Waals surface area contributed by atoms with Crippen molar-refractivity contribution in [3.8, 4) is 0 Å². The molecular formula is C14H21N6OS+. The van der Waals surface area contributed by atoms with Gasteiger partial charge in [-0.05, 0) is 45.0 Å².